The number of carbonyl (C=O) groups excluding carboxylic acids is 2. The van der Waals surface area contributed by atoms with E-state index in [2.05, 4.69) is 10.1 Å². The van der Waals surface area contributed by atoms with E-state index in [1.54, 1.807) is 42.5 Å². The van der Waals surface area contributed by atoms with Gasteiger partial charge in [-0.05, 0) is 42.8 Å². The van der Waals surface area contributed by atoms with Gasteiger partial charge < -0.3 is 14.8 Å². The number of anilines is 1. The largest absolute Gasteiger partial charge is 0.497 e. The van der Waals surface area contributed by atoms with Gasteiger partial charge in [0, 0.05) is 6.42 Å². The Morgan fingerprint density at radius 1 is 1.23 bits per heavy atom. The zero-order valence-corrected chi connectivity index (χ0v) is 17.8. The van der Waals surface area contributed by atoms with E-state index >= 15 is 0 Å². The van der Waals surface area contributed by atoms with Gasteiger partial charge in [-0.1, -0.05) is 41.9 Å². The van der Waals surface area contributed by atoms with Gasteiger partial charge in [-0.15, -0.1) is 0 Å². The fourth-order valence-electron chi connectivity index (χ4n) is 3.75. The first-order valence-corrected chi connectivity index (χ1v) is 10.1. The lowest BCUT2D eigenvalue weighted by atomic mass is 9.70. The molecule has 0 amide bonds. The van der Waals surface area contributed by atoms with Gasteiger partial charge in [-0.25, -0.2) is 4.79 Å². The molecule has 1 aliphatic rings. The van der Waals surface area contributed by atoms with Crippen LogP contribution in [0.1, 0.15) is 18.9 Å². The molecule has 0 fully saturated rings. The van der Waals surface area contributed by atoms with E-state index in [9.17, 15) is 18.4 Å². The van der Waals surface area contributed by atoms with Crippen LogP contribution in [0.25, 0.3) is 0 Å². The molecular weight excluding hydrogens is 428 g/mol. The van der Waals surface area contributed by atoms with Gasteiger partial charge >= 0.3 is 11.9 Å². The van der Waals surface area contributed by atoms with Crippen molar-refractivity contribution in [1.82, 2.24) is 0 Å². The Morgan fingerprint density at radius 3 is 2.65 bits per heavy atom. The zero-order chi connectivity index (χ0) is 22.6. The summed E-state index contributed by atoms with van der Waals surface area (Å²) in [6, 6.07) is 12.2. The smallest absolute Gasteiger partial charge is 0.377 e. The maximum absolute atomic E-state index is 15.0. The SMILES string of the molecule is CCOC(=O)C(F)(F)C[C@]1(c2cccc(OC)c2)C(=O)C=C[C@H]1Nc1ccccc1Cl. The number of halogens is 3. The number of rotatable bonds is 8. The summed E-state index contributed by atoms with van der Waals surface area (Å²) in [4.78, 5) is 25.2. The van der Waals surface area contributed by atoms with Gasteiger partial charge in [0.05, 0.1) is 35.9 Å². The van der Waals surface area contributed by atoms with Crippen molar-refractivity contribution < 1.29 is 27.8 Å². The van der Waals surface area contributed by atoms with Gasteiger partial charge in [0.1, 0.15) is 5.75 Å². The summed E-state index contributed by atoms with van der Waals surface area (Å²) < 4.78 is 39.8. The topological polar surface area (TPSA) is 64.6 Å². The van der Waals surface area contributed by atoms with Gasteiger partial charge in [0.25, 0.3) is 0 Å². The molecule has 2 aromatic rings. The minimum absolute atomic E-state index is 0.200. The van der Waals surface area contributed by atoms with Crippen LogP contribution < -0.4 is 10.1 Å². The maximum Gasteiger partial charge on any atom is 0.377 e. The molecule has 3 rings (SSSR count). The van der Waals surface area contributed by atoms with Crippen LogP contribution in [0.15, 0.2) is 60.7 Å². The van der Waals surface area contributed by atoms with Crippen molar-refractivity contribution in [2.75, 3.05) is 19.0 Å². The van der Waals surface area contributed by atoms with Gasteiger partial charge in [-0.2, -0.15) is 8.78 Å². The number of carbonyl (C=O) groups is 2. The third kappa shape index (κ3) is 4.42. The second kappa shape index (κ2) is 9.06. The van der Waals surface area contributed by atoms with Crippen molar-refractivity contribution in [3.8, 4) is 5.75 Å². The first kappa shape index (κ1) is 22.7. The summed E-state index contributed by atoms with van der Waals surface area (Å²) >= 11 is 6.24. The van der Waals surface area contributed by atoms with E-state index in [1.807, 2.05) is 0 Å². The van der Waals surface area contributed by atoms with E-state index < -0.39 is 35.6 Å². The summed E-state index contributed by atoms with van der Waals surface area (Å²) in [6.07, 6.45) is 1.67. The molecule has 0 saturated carbocycles. The molecule has 0 spiro atoms. The number of methoxy groups -OCH3 is 1. The van der Waals surface area contributed by atoms with Crippen LogP contribution in [0.2, 0.25) is 5.02 Å². The standard InChI is InChI=1S/C23H22ClF2NO4/c1-3-31-21(29)23(25,26)14-22(15-7-6-8-16(13-15)30-2)19(11-12-20(22)28)27-18-10-5-4-9-17(18)24/h4-13,19,27H,3,14H2,1-2H3/t19-,22-/m1/s1. The van der Waals surface area contributed by atoms with Crippen molar-refractivity contribution in [3.63, 3.8) is 0 Å². The highest BCUT2D eigenvalue weighted by atomic mass is 35.5. The summed E-state index contributed by atoms with van der Waals surface area (Å²) in [5.41, 5.74) is -1.03. The lowest BCUT2D eigenvalue weighted by Crippen LogP contribution is -2.51. The number of ether oxygens (including phenoxy) is 2. The average Bonchev–Trinajstić information content (AvgIpc) is 3.05. The molecule has 164 valence electrons. The average molecular weight is 450 g/mol. The summed E-state index contributed by atoms with van der Waals surface area (Å²) in [5, 5.41) is 3.46. The second-order valence-electron chi connectivity index (χ2n) is 7.13. The van der Waals surface area contributed by atoms with Crippen LogP contribution in [0.4, 0.5) is 14.5 Å². The molecule has 2 aromatic carbocycles. The van der Waals surface area contributed by atoms with Crippen LogP contribution in [-0.4, -0.2) is 37.4 Å². The number of hydrogen-bond donors (Lipinski definition) is 1. The van der Waals surface area contributed by atoms with Gasteiger partial charge in [0.15, 0.2) is 5.78 Å². The van der Waals surface area contributed by atoms with Crippen LogP contribution in [0, 0.1) is 0 Å². The summed E-state index contributed by atoms with van der Waals surface area (Å²) in [6.45, 7) is 1.24. The summed E-state index contributed by atoms with van der Waals surface area (Å²) in [7, 11) is 1.44. The minimum Gasteiger partial charge on any atom is -0.497 e. The van der Waals surface area contributed by atoms with Crippen molar-refractivity contribution in [1.29, 1.82) is 0 Å². The van der Waals surface area contributed by atoms with E-state index in [1.165, 1.54) is 32.3 Å². The maximum atomic E-state index is 15.0. The number of allylic oxidation sites excluding steroid dienone is 1. The normalized spacial score (nSPS) is 20.5. The Balaban J connectivity index is 2.12. The first-order chi connectivity index (χ1) is 14.7. The number of para-hydroxylation sites is 1. The quantitative estimate of drug-likeness (QED) is 0.587. The van der Waals surface area contributed by atoms with Gasteiger partial charge in [0.2, 0.25) is 0 Å². The molecule has 1 aliphatic carbocycles. The fraction of sp³-hybridized carbons (Fsp3) is 0.304. The Kier molecular flexibility index (Phi) is 6.65. The van der Waals surface area contributed by atoms with Crippen LogP contribution in [-0.2, 0) is 19.7 Å². The van der Waals surface area contributed by atoms with E-state index in [4.69, 9.17) is 16.3 Å². The third-order valence-electron chi connectivity index (χ3n) is 5.26. The first-order valence-electron chi connectivity index (χ1n) is 9.68. The molecule has 0 aromatic heterocycles. The Morgan fingerprint density at radius 2 is 1.97 bits per heavy atom. The predicted octanol–water partition coefficient (Wildman–Crippen LogP) is 4.79. The van der Waals surface area contributed by atoms with Crippen LogP contribution in [0.5, 0.6) is 5.75 Å². The molecule has 0 radical (unpaired) electrons. The molecule has 2 atom stereocenters. The van der Waals surface area contributed by atoms with E-state index in [0.717, 1.165) is 0 Å². The number of nitrogens with one attached hydrogen (secondary N) is 1. The van der Waals surface area contributed by atoms with E-state index in [0.29, 0.717) is 16.5 Å². The molecule has 0 heterocycles. The predicted molar refractivity (Wildman–Crippen MR) is 114 cm³/mol. The second-order valence-corrected chi connectivity index (χ2v) is 7.54. The molecule has 8 heteroatoms. The lowest BCUT2D eigenvalue weighted by molar-refractivity contribution is -0.174. The number of esters is 1. The molecule has 0 saturated heterocycles. The molecular formula is C23H22ClF2NO4. The molecule has 1 N–H and O–H groups in total. The van der Waals surface area contributed by atoms with Crippen LogP contribution in [0.3, 0.4) is 0 Å². The van der Waals surface area contributed by atoms with Crippen molar-refractivity contribution in [2.24, 2.45) is 0 Å². The zero-order valence-electron chi connectivity index (χ0n) is 17.0. The van der Waals surface area contributed by atoms with Crippen molar-refractivity contribution in [3.05, 3.63) is 71.3 Å². The molecule has 0 bridgehead atoms. The highest BCUT2D eigenvalue weighted by molar-refractivity contribution is 6.33. The van der Waals surface area contributed by atoms with Crippen molar-refractivity contribution in [2.45, 2.75) is 30.7 Å². The van der Waals surface area contributed by atoms with Crippen molar-refractivity contribution >= 4 is 29.0 Å². The molecule has 5 nitrogen and oxygen atoms in total. The number of alkyl halides is 2. The Bertz CT molecular complexity index is 1010. The van der Waals surface area contributed by atoms with Gasteiger partial charge in [-0.3, -0.25) is 4.79 Å². The Hall–Kier alpha value is -2.93. The molecule has 0 unspecified atom stereocenters. The summed E-state index contributed by atoms with van der Waals surface area (Å²) in [5.74, 6) is -5.74. The Labute approximate surface area is 184 Å². The van der Waals surface area contributed by atoms with Crippen LogP contribution >= 0.6 is 11.6 Å². The highest BCUT2D eigenvalue weighted by Gasteiger charge is 2.57. The fourth-order valence-corrected chi connectivity index (χ4v) is 3.94. The number of ketones is 1. The highest BCUT2D eigenvalue weighted by Crippen LogP contribution is 2.45. The number of benzene rings is 2. The molecule has 31 heavy (non-hydrogen) atoms. The minimum atomic E-state index is -3.90. The third-order valence-corrected chi connectivity index (χ3v) is 5.58. The lowest BCUT2D eigenvalue weighted by Gasteiger charge is -2.37. The van der Waals surface area contributed by atoms with E-state index in [-0.39, 0.29) is 12.2 Å². The molecule has 0 aliphatic heterocycles. The number of hydrogen-bond acceptors (Lipinski definition) is 5. The monoisotopic (exact) mass is 449 g/mol.